The Kier molecular flexibility index (Phi) is 16.9. The second-order valence-corrected chi connectivity index (χ2v) is 10.1. The van der Waals surface area contributed by atoms with Crippen molar-refractivity contribution in [2.24, 2.45) is 5.92 Å². The van der Waals surface area contributed by atoms with E-state index in [1.165, 1.54) is 70.6 Å². The molecular weight excluding hydrogens is 378 g/mol. The number of carbonyl (C=O) groups is 2. The highest BCUT2D eigenvalue weighted by Gasteiger charge is 2.23. The molecule has 2 unspecified atom stereocenters. The summed E-state index contributed by atoms with van der Waals surface area (Å²) in [7, 11) is 5.85. The van der Waals surface area contributed by atoms with Crippen LogP contribution in [0.3, 0.4) is 0 Å². The highest BCUT2D eigenvalue weighted by molar-refractivity contribution is 5.71. The lowest BCUT2D eigenvalue weighted by Gasteiger charge is -2.29. The first-order chi connectivity index (χ1) is 14.1. The number of ether oxygens (including phenoxy) is 1. The van der Waals surface area contributed by atoms with Crippen LogP contribution in [-0.2, 0) is 14.3 Å². The molecule has 0 fully saturated rings. The van der Waals surface area contributed by atoms with E-state index in [0.717, 1.165) is 12.8 Å². The largest absolute Gasteiger partial charge is 0.550 e. The minimum absolute atomic E-state index is 0.242. The van der Waals surface area contributed by atoms with E-state index in [1.54, 1.807) is 0 Å². The Morgan fingerprint density at radius 2 is 1.27 bits per heavy atom. The van der Waals surface area contributed by atoms with Crippen molar-refractivity contribution >= 4 is 11.9 Å². The summed E-state index contributed by atoms with van der Waals surface area (Å²) in [5, 5.41) is 10.9. The molecule has 0 rings (SSSR count). The number of esters is 1. The molecule has 0 saturated carbocycles. The molecule has 0 aromatic heterocycles. The van der Waals surface area contributed by atoms with Crippen LogP contribution in [0.4, 0.5) is 0 Å². The van der Waals surface area contributed by atoms with Gasteiger partial charge in [-0.2, -0.15) is 0 Å². The zero-order valence-electron chi connectivity index (χ0n) is 20.5. The lowest BCUT2D eigenvalue weighted by Crippen LogP contribution is -2.45. The number of carbonyl (C=O) groups excluding carboxylic acids is 2. The van der Waals surface area contributed by atoms with Crippen LogP contribution in [0.2, 0.25) is 0 Å². The molecule has 178 valence electrons. The van der Waals surface area contributed by atoms with E-state index in [-0.39, 0.29) is 18.3 Å². The molecule has 0 aliphatic rings. The molecule has 0 spiro atoms. The average molecular weight is 428 g/mol. The summed E-state index contributed by atoms with van der Waals surface area (Å²) in [6, 6.07) is 0. The number of hydrogen-bond acceptors (Lipinski definition) is 4. The minimum Gasteiger partial charge on any atom is -0.550 e. The maximum absolute atomic E-state index is 12.2. The summed E-state index contributed by atoms with van der Waals surface area (Å²) in [5.41, 5.74) is 0. The van der Waals surface area contributed by atoms with E-state index in [9.17, 15) is 14.7 Å². The predicted molar refractivity (Wildman–Crippen MR) is 122 cm³/mol. The molecule has 5 heteroatoms. The fourth-order valence-electron chi connectivity index (χ4n) is 3.89. The first-order valence-electron chi connectivity index (χ1n) is 12.3. The van der Waals surface area contributed by atoms with Crippen LogP contribution in [0.15, 0.2) is 0 Å². The summed E-state index contributed by atoms with van der Waals surface area (Å²) in [6.07, 6.45) is 16.5. The minimum atomic E-state index is -1.18. The molecule has 0 saturated heterocycles. The number of aliphatic carboxylic acids is 1. The van der Waals surface area contributed by atoms with Crippen LogP contribution in [0.5, 0.6) is 0 Å². The summed E-state index contributed by atoms with van der Waals surface area (Å²) < 4.78 is 5.99. The van der Waals surface area contributed by atoms with Gasteiger partial charge in [-0.05, 0) is 5.92 Å². The van der Waals surface area contributed by atoms with Gasteiger partial charge in [0.2, 0.25) is 0 Å². The summed E-state index contributed by atoms with van der Waals surface area (Å²) in [5.74, 6) is -1.19. The van der Waals surface area contributed by atoms with Crippen LogP contribution < -0.4 is 5.11 Å². The van der Waals surface area contributed by atoms with E-state index in [1.807, 2.05) is 21.1 Å². The van der Waals surface area contributed by atoms with Gasteiger partial charge < -0.3 is 19.1 Å². The van der Waals surface area contributed by atoms with Crippen LogP contribution in [0.25, 0.3) is 0 Å². The highest BCUT2D eigenvalue weighted by Crippen LogP contribution is 2.17. The van der Waals surface area contributed by atoms with Crippen molar-refractivity contribution in [3.8, 4) is 0 Å². The second-order valence-electron chi connectivity index (χ2n) is 10.1. The standard InChI is InChI=1S/C25H49NO4/c1-6-7-8-9-10-11-12-13-14-15-16-17-18-22(2)19-25(29)30-23(20-24(27)28)21-26(3,4)5/h22-23H,6-21H2,1-5H3. The van der Waals surface area contributed by atoms with Crippen molar-refractivity contribution in [2.45, 2.75) is 116 Å². The van der Waals surface area contributed by atoms with E-state index in [0.29, 0.717) is 17.4 Å². The van der Waals surface area contributed by atoms with Crippen LogP contribution >= 0.6 is 0 Å². The Hall–Kier alpha value is -1.10. The quantitative estimate of drug-likeness (QED) is 0.158. The van der Waals surface area contributed by atoms with Crippen LogP contribution in [0.1, 0.15) is 110 Å². The lowest BCUT2D eigenvalue weighted by atomic mass is 9.98. The van der Waals surface area contributed by atoms with Crippen molar-refractivity contribution in [1.29, 1.82) is 0 Å². The molecule has 5 nitrogen and oxygen atoms in total. The average Bonchev–Trinajstić information content (AvgIpc) is 2.60. The van der Waals surface area contributed by atoms with Crippen molar-refractivity contribution < 1.29 is 23.9 Å². The molecule has 0 heterocycles. The van der Waals surface area contributed by atoms with E-state index in [2.05, 4.69) is 13.8 Å². The third kappa shape index (κ3) is 20.2. The maximum Gasteiger partial charge on any atom is 0.306 e. The van der Waals surface area contributed by atoms with Crippen molar-refractivity contribution in [3.05, 3.63) is 0 Å². The highest BCUT2D eigenvalue weighted by atomic mass is 16.5. The summed E-state index contributed by atoms with van der Waals surface area (Å²) in [6.45, 7) is 4.80. The monoisotopic (exact) mass is 427 g/mol. The number of nitrogens with zero attached hydrogens (tertiary/aromatic N) is 1. The number of carboxylic acid groups (broad SMARTS) is 1. The third-order valence-electron chi connectivity index (χ3n) is 5.51. The normalized spacial score (nSPS) is 13.8. The van der Waals surface area contributed by atoms with Gasteiger partial charge >= 0.3 is 5.97 Å². The first-order valence-corrected chi connectivity index (χ1v) is 12.3. The van der Waals surface area contributed by atoms with Crippen LogP contribution in [0, 0.1) is 5.92 Å². The van der Waals surface area contributed by atoms with Gasteiger partial charge in [0, 0.05) is 18.8 Å². The molecule has 0 N–H and O–H groups in total. The number of likely N-dealkylation sites (N-methyl/N-ethyl adjacent to an activating group) is 1. The number of rotatable bonds is 20. The van der Waals surface area contributed by atoms with E-state index >= 15 is 0 Å². The van der Waals surface area contributed by atoms with Crippen LogP contribution in [-0.4, -0.2) is 50.2 Å². The molecule has 0 aromatic carbocycles. The zero-order valence-corrected chi connectivity index (χ0v) is 20.5. The number of hydrogen-bond donors (Lipinski definition) is 0. The molecule has 0 radical (unpaired) electrons. The Labute approximate surface area is 186 Å². The fraction of sp³-hybridized carbons (Fsp3) is 0.920. The lowest BCUT2D eigenvalue weighted by molar-refractivity contribution is -0.873. The Morgan fingerprint density at radius 3 is 1.70 bits per heavy atom. The van der Waals surface area contributed by atoms with Gasteiger partial charge in [-0.25, -0.2) is 0 Å². The van der Waals surface area contributed by atoms with E-state index < -0.39 is 12.1 Å². The first kappa shape index (κ1) is 28.9. The topological polar surface area (TPSA) is 66.4 Å². The molecule has 0 amide bonds. The number of carboxylic acids is 1. The van der Waals surface area contributed by atoms with Gasteiger partial charge in [-0.1, -0.05) is 97.3 Å². The van der Waals surface area contributed by atoms with Crippen molar-refractivity contribution in [1.82, 2.24) is 0 Å². The molecular formula is C25H49NO4. The second kappa shape index (κ2) is 17.6. The zero-order chi connectivity index (χ0) is 22.8. The molecule has 0 aromatic rings. The van der Waals surface area contributed by atoms with Gasteiger partial charge in [0.15, 0.2) is 6.10 Å². The summed E-state index contributed by atoms with van der Waals surface area (Å²) in [4.78, 5) is 23.1. The van der Waals surface area contributed by atoms with Gasteiger partial charge in [-0.15, -0.1) is 0 Å². The third-order valence-corrected chi connectivity index (χ3v) is 5.51. The van der Waals surface area contributed by atoms with Crippen molar-refractivity contribution in [3.63, 3.8) is 0 Å². The number of unbranched alkanes of at least 4 members (excludes halogenated alkanes) is 11. The van der Waals surface area contributed by atoms with Crippen molar-refractivity contribution in [2.75, 3.05) is 27.7 Å². The van der Waals surface area contributed by atoms with E-state index in [4.69, 9.17) is 4.74 Å². The molecule has 0 aliphatic heterocycles. The maximum atomic E-state index is 12.2. The number of quaternary nitrogens is 1. The van der Waals surface area contributed by atoms with Gasteiger partial charge in [0.1, 0.15) is 6.54 Å². The predicted octanol–water partition coefficient (Wildman–Crippen LogP) is 4.86. The Morgan fingerprint density at radius 1 is 0.800 bits per heavy atom. The van der Waals surface area contributed by atoms with Gasteiger partial charge in [0.05, 0.1) is 21.1 Å². The van der Waals surface area contributed by atoms with Gasteiger partial charge in [0.25, 0.3) is 0 Å². The van der Waals surface area contributed by atoms with Gasteiger partial charge in [-0.3, -0.25) is 4.79 Å². The smallest absolute Gasteiger partial charge is 0.306 e. The Balaban J connectivity index is 3.78. The SMILES string of the molecule is CCCCCCCCCCCCCCC(C)CC(=O)OC(CC(=O)[O-])C[N+](C)(C)C. The fourth-order valence-corrected chi connectivity index (χ4v) is 3.89. The molecule has 30 heavy (non-hydrogen) atoms. The molecule has 0 aliphatic carbocycles. The molecule has 0 bridgehead atoms. The Bertz CT molecular complexity index is 445. The molecule has 2 atom stereocenters. The summed E-state index contributed by atoms with van der Waals surface area (Å²) >= 11 is 0.